The number of carbonyl (C=O) groups is 1. The Hall–Kier alpha value is -1.33. The Labute approximate surface area is 125 Å². The second-order valence-corrected chi connectivity index (χ2v) is 6.54. The first kappa shape index (κ1) is 14.1. The van der Waals surface area contributed by atoms with Gasteiger partial charge in [0.15, 0.2) is 0 Å². The maximum absolute atomic E-state index is 11.6. The molecule has 0 unspecified atom stereocenters. The molecule has 0 radical (unpaired) electrons. The molecule has 1 amide bonds. The third-order valence-electron chi connectivity index (χ3n) is 2.58. The molecule has 0 aliphatic rings. The molecule has 0 saturated carbocycles. The van der Waals surface area contributed by atoms with E-state index < -0.39 is 0 Å². The van der Waals surface area contributed by atoms with Gasteiger partial charge in [-0.25, -0.2) is 0 Å². The van der Waals surface area contributed by atoms with Crippen LogP contribution in [0.2, 0.25) is 0 Å². The minimum atomic E-state index is -0.0313. The lowest BCUT2D eigenvalue weighted by Crippen LogP contribution is -2.22. The van der Waals surface area contributed by atoms with Crippen LogP contribution in [0.1, 0.15) is 22.2 Å². The van der Waals surface area contributed by atoms with E-state index in [9.17, 15) is 4.79 Å². The van der Waals surface area contributed by atoms with Crippen molar-refractivity contribution < 1.29 is 4.79 Å². The zero-order valence-corrected chi connectivity index (χ0v) is 13.0. The van der Waals surface area contributed by atoms with Crippen LogP contribution in [-0.2, 0) is 6.54 Å². The predicted octanol–water partition coefficient (Wildman–Crippen LogP) is 3.87. The summed E-state index contributed by atoms with van der Waals surface area (Å²) in [4.78, 5) is 12.9. The summed E-state index contributed by atoms with van der Waals surface area (Å²) in [7, 11) is 0. The Bertz CT molecular complexity index is 551. The van der Waals surface area contributed by atoms with Crippen molar-refractivity contribution in [2.75, 3.05) is 11.9 Å². The molecule has 0 bridgehead atoms. The maximum Gasteiger partial charge on any atom is 0.251 e. The van der Waals surface area contributed by atoms with E-state index >= 15 is 0 Å². The van der Waals surface area contributed by atoms with Crippen LogP contribution in [0.4, 0.5) is 5.69 Å². The van der Waals surface area contributed by atoms with Crippen LogP contribution in [0.25, 0.3) is 0 Å². The van der Waals surface area contributed by atoms with E-state index in [4.69, 9.17) is 0 Å². The Morgan fingerprint density at radius 3 is 2.53 bits per heavy atom. The molecule has 2 aromatic rings. The zero-order valence-electron chi connectivity index (χ0n) is 10.6. The number of carbonyl (C=O) groups excluding carboxylic acids is 1. The number of benzene rings is 1. The van der Waals surface area contributed by atoms with Crippen molar-refractivity contribution in [1.29, 1.82) is 0 Å². The lowest BCUT2D eigenvalue weighted by Gasteiger charge is -2.06. The molecule has 19 heavy (non-hydrogen) atoms. The molecule has 1 aromatic carbocycles. The van der Waals surface area contributed by atoms with Gasteiger partial charge in [-0.1, -0.05) is 0 Å². The van der Waals surface area contributed by atoms with Crippen LogP contribution in [0.3, 0.4) is 0 Å². The lowest BCUT2D eigenvalue weighted by molar-refractivity contribution is 0.0956. The average Bonchev–Trinajstić information content (AvgIpc) is 2.83. The van der Waals surface area contributed by atoms with Gasteiger partial charge < -0.3 is 10.6 Å². The summed E-state index contributed by atoms with van der Waals surface area (Å²) in [5, 5.41) is 6.11. The van der Waals surface area contributed by atoms with Crippen molar-refractivity contribution in [1.82, 2.24) is 5.32 Å². The summed E-state index contributed by atoms with van der Waals surface area (Å²) in [6.07, 6.45) is 0. The van der Waals surface area contributed by atoms with E-state index in [1.165, 1.54) is 4.88 Å². The lowest BCUT2D eigenvalue weighted by atomic mass is 10.2. The van der Waals surface area contributed by atoms with Gasteiger partial charge in [-0.3, -0.25) is 4.79 Å². The maximum atomic E-state index is 11.6. The molecular weight excluding hydrogens is 324 g/mol. The highest BCUT2D eigenvalue weighted by Gasteiger charge is 2.03. The van der Waals surface area contributed by atoms with Gasteiger partial charge in [-0.2, -0.15) is 0 Å². The number of nitrogens with one attached hydrogen (secondary N) is 2. The Kier molecular flexibility index (Phi) is 4.99. The first-order valence-electron chi connectivity index (χ1n) is 6.05. The molecule has 2 rings (SSSR count). The summed E-state index contributed by atoms with van der Waals surface area (Å²) in [5.41, 5.74) is 1.70. The first-order valence-corrected chi connectivity index (χ1v) is 7.66. The van der Waals surface area contributed by atoms with Crippen LogP contribution in [0.5, 0.6) is 0 Å². The SMILES string of the molecule is CCNC(=O)c1ccc(NCc2ccc(Br)s2)cc1. The standard InChI is InChI=1S/C14H15BrN2OS/c1-2-16-14(18)10-3-5-11(6-4-10)17-9-12-7-8-13(15)19-12/h3-8,17H,2,9H2,1H3,(H,16,18). The Balaban J connectivity index is 1.93. The molecule has 2 N–H and O–H groups in total. The molecule has 0 aliphatic carbocycles. The summed E-state index contributed by atoms with van der Waals surface area (Å²) in [6, 6.07) is 11.6. The van der Waals surface area contributed by atoms with Crippen molar-refractivity contribution >= 4 is 38.9 Å². The fourth-order valence-electron chi connectivity index (χ4n) is 1.64. The number of thiophene rings is 1. The van der Waals surface area contributed by atoms with Gasteiger partial charge in [0.1, 0.15) is 0 Å². The second kappa shape index (κ2) is 6.73. The van der Waals surface area contributed by atoms with Crippen molar-refractivity contribution in [3.63, 3.8) is 0 Å². The molecule has 0 saturated heterocycles. The quantitative estimate of drug-likeness (QED) is 0.868. The number of amides is 1. The summed E-state index contributed by atoms with van der Waals surface area (Å²) < 4.78 is 1.14. The van der Waals surface area contributed by atoms with Crippen LogP contribution in [0, 0.1) is 0 Å². The highest BCUT2D eigenvalue weighted by Crippen LogP contribution is 2.23. The molecule has 1 aromatic heterocycles. The van der Waals surface area contributed by atoms with Crippen molar-refractivity contribution in [2.45, 2.75) is 13.5 Å². The zero-order chi connectivity index (χ0) is 13.7. The van der Waals surface area contributed by atoms with E-state index in [1.807, 2.05) is 37.3 Å². The van der Waals surface area contributed by atoms with Gasteiger partial charge in [-0.15, -0.1) is 11.3 Å². The summed E-state index contributed by atoms with van der Waals surface area (Å²) in [6.45, 7) is 3.34. The van der Waals surface area contributed by atoms with Crippen LogP contribution >= 0.6 is 27.3 Å². The van der Waals surface area contributed by atoms with Gasteiger partial charge in [-0.05, 0) is 59.3 Å². The van der Waals surface area contributed by atoms with E-state index in [0.717, 1.165) is 16.0 Å². The fraction of sp³-hybridized carbons (Fsp3) is 0.214. The predicted molar refractivity (Wildman–Crippen MR) is 83.8 cm³/mol. The fourth-order valence-corrected chi connectivity index (χ4v) is 3.06. The molecule has 0 atom stereocenters. The van der Waals surface area contributed by atoms with Gasteiger partial charge in [0.2, 0.25) is 0 Å². The summed E-state index contributed by atoms with van der Waals surface area (Å²) >= 11 is 5.16. The molecule has 100 valence electrons. The smallest absolute Gasteiger partial charge is 0.251 e. The van der Waals surface area contributed by atoms with Gasteiger partial charge in [0, 0.05) is 29.2 Å². The molecule has 0 aliphatic heterocycles. The number of hydrogen-bond donors (Lipinski definition) is 2. The minimum absolute atomic E-state index is 0.0313. The normalized spacial score (nSPS) is 10.2. The molecule has 5 heteroatoms. The third-order valence-corrected chi connectivity index (χ3v) is 4.20. The van der Waals surface area contributed by atoms with E-state index in [1.54, 1.807) is 11.3 Å². The van der Waals surface area contributed by atoms with Crippen LogP contribution < -0.4 is 10.6 Å². The molecule has 0 fully saturated rings. The number of hydrogen-bond acceptors (Lipinski definition) is 3. The van der Waals surface area contributed by atoms with E-state index in [2.05, 4.69) is 32.6 Å². The van der Waals surface area contributed by atoms with Crippen molar-refractivity contribution in [3.8, 4) is 0 Å². The monoisotopic (exact) mass is 338 g/mol. The Morgan fingerprint density at radius 2 is 1.95 bits per heavy atom. The second-order valence-electron chi connectivity index (χ2n) is 4.00. The van der Waals surface area contributed by atoms with Gasteiger partial charge in [0.05, 0.1) is 3.79 Å². The molecule has 0 spiro atoms. The highest BCUT2D eigenvalue weighted by molar-refractivity contribution is 9.11. The van der Waals surface area contributed by atoms with Gasteiger partial charge >= 0.3 is 0 Å². The van der Waals surface area contributed by atoms with E-state index in [-0.39, 0.29) is 5.91 Å². The van der Waals surface area contributed by atoms with Crippen molar-refractivity contribution in [2.24, 2.45) is 0 Å². The van der Waals surface area contributed by atoms with E-state index in [0.29, 0.717) is 12.1 Å². The number of rotatable bonds is 5. The minimum Gasteiger partial charge on any atom is -0.380 e. The molecule has 3 nitrogen and oxygen atoms in total. The van der Waals surface area contributed by atoms with Crippen LogP contribution in [0.15, 0.2) is 40.2 Å². The average molecular weight is 339 g/mol. The summed E-state index contributed by atoms with van der Waals surface area (Å²) in [5.74, 6) is -0.0313. The largest absolute Gasteiger partial charge is 0.380 e. The first-order chi connectivity index (χ1) is 9.19. The topological polar surface area (TPSA) is 41.1 Å². The third kappa shape index (κ3) is 4.08. The number of halogens is 1. The highest BCUT2D eigenvalue weighted by atomic mass is 79.9. The Morgan fingerprint density at radius 1 is 1.21 bits per heavy atom. The van der Waals surface area contributed by atoms with Gasteiger partial charge in [0.25, 0.3) is 5.91 Å². The molecule has 1 heterocycles. The van der Waals surface area contributed by atoms with Crippen LogP contribution in [-0.4, -0.2) is 12.5 Å². The molecular formula is C14H15BrN2OS. The number of anilines is 1. The van der Waals surface area contributed by atoms with Crippen molar-refractivity contribution in [3.05, 3.63) is 50.6 Å².